The summed E-state index contributed by atoms with van der Waals surface area (Å²) in [7, 11) is -0.404. The van der Waals surface area contributed by atoms with Crippen molar-refractivity contribution in [2.45, 2.75) is 38.3 Å². The molecule has 0 aliphatic carbocycles. The standard InChI is InChI=1S/C19H27N3O4S/c1-13(2)18(19(23)20-12-15-7-6-14(3)22(15)4)21-27(24,25)17-10-8-16(26-5)9-11-17/h6-11,13,18,21H,12H2,1-5H3,(H,20,23)/t18-/m0/s1. The molecule has 1 heterocycles. The number of carbonyl (C=O) groups excluding carboxylic acids is 1. The maximum atomic E-state index is 12.6. The minimum atomic E-state index is -3.83. The summed E-state index contributed by atoms with van der Waals surface area (Å²) in [6, 6.07) is 9.05. The largest absolute Gasteiger partial charge is 0.497 e. The summed E-state index contributed by atoms with van der Waals surface area (Å²) in [5.74, 6) is -0.0147. The summed E-state index contributed by atoms with van der Waals surface area (Å²) >= 11 is 0. The van der Waals surface area contributed by atoms with Gasteiger partial charge in [0.15, 0.2) is 0 Å². The molecule has 1 atom stereocenters. The molecule has 0 radical (unpaired) electrons. The Balaban J connectivity index is 2.11. The van der Waals surface area contributed by atoms with Gasteiger partial charge in [0.2, 0.25) is 15.9 Å². The van der Waals surface area contributed by atoms with Gasteiger partial charge in [0.05, 0.1) is 18.6 Å². The lowest BCUT2D eigenvalue weighted by molar-refractivity contribution is -0.123. The molecule has 2 aromatic rings. The predicted molar refractivity (Wildman–Crippen MR) is 104 cm³/mol. The molecule has 27 heavy (non-hydrogen) atoms. The number of aromatic nitrogens is 1. The van der Waals surface area contributed by atoms with Crippen LogP contribution in [0.5, 0.6) is 5.75 Å². The predicted octanol–water partition coefficient (Wildman–Crippen LogP) is 1.96. The minimum Gasteiger partial charge on any atom is -0.497 e. The van der Waals surface area contributed by atoms with Gasteiger partial charge in [0.25, 0.3) is 0 Å². The number of amides is 1. The zero-order chi connectivity index (χ0) is 20.2. The smallest absolute Gasteiger partial charge is 0.241 e. The zero-order valence-corrected chi connectivity index (χ0v) is 17.1. The zero-order valence-electron chi connectivity index (χ0n) is 16.3. The molecule has 1 aromatic heterocycles. The number of aryl methyl sites for hydroxylation is 1. The Morgan fingerprint density at radius 3 is 2.26 bits per heavy atom. The second kappa shape index (κ2) is 8.58. The molecule has 0 saturated heterocycles. The number of hydrogen-bond donors (Lipinski definition) is 2. The highest BCUT2D eigenvalue weighted by atomic mass is 32.2. The van der Waals surface area contributed by atoms with Crippen molar-refractivity contribution in [2.75, 3.05) is 7.11 Å². The Morgan fingerprint density at radius 1 is 1.15 bits per heavy atom. The fraction of sp³-hybridized carbons (Fsp3) is 0.421. The fourth-order valence-corrected chi connectivity index (χ4v) is 3.96. The Bertz CT molecular complexity index is 886. The van der Waals surface area contributed by atoms with Gasteiger partial charge in [-0.3, -0.25) is 4.79 Å². The van der Waals surface area contributed by atoms with Crippen molar-refractivity contribution < 1.29 is 17.9 Å². The van der Waals surface area contributed by atoms with E-state index in [2.05, 4.69) is 10.0 Å². The van der Waals surface area contributed by atoms with Gasteiger partial charge in [0.1, 0.15) is 11.8 Å². The van der Waals surface area contributed by atoms with Crippen molar-refractivity contribution in [1.82, 2.24) is 14.6 Å². The van der Waals surface area contributed by atoms with Gasteiger partial charge >= 0.3 is 0 Å². The van der Waals surface area contributed by atoms with Crippen molar-refractivity contribution in [3.05, 3.63) is 47.8 Å². The van der Waals surface area contributed by atoms with Crippen molar-refractivity contribution >= 4 is 15.9 Å². The number of benzene rings is 1. The number of nitrogens with zero attached hydrogens (tertiary/aromatic N) is 1. The SMILES string of the molecule is COc1ccc(S(=O)(=O)N[C@H](C(=O)NCc2ccc(C)n2C)C(C)C)cc1. The van der Waals surface area contributed by atoms with E-state index in [1.807, 2.05) is 30.7 Å². The Kier molecular flexibility index (Phi) is 6.67. The first kappa shape index (κ1) is 21.0. The van der Waals surface area contributed by atoms with E-state index >= 15 is 0 Å². The van der Waals surface area contributed by atoms with Gasteiger partial charge in [0, 0.05) is 18.4 Å². The molecule has 0 aliphatic rings. The quantitative estimate of drug-likeness (QED) is 0.717. The molecule has 7 nitrogen and oxygen atoms in total. The molecule has 148 valence electrons. The Hall–Kier alpha value is -2.32. The van der Waals surface area contributed by atoms with Crippen LogP contribution in [0.2, 0.25) is 0 Å². The minimum absolute atomic E-state index is 0.0832. The lowest BCUT2D eigenvalue weighted by atomic mass is 10.1. The Labute approximate surface area is 160 Å². The number of carbonyl (C=O) groups is 1. The second-order valence-corrected chi connectivity index (χ2v) is 8.48. The number of rotatable bonds is 8. The number of nitrogens with one attached hydrogen (secondary N) is 2. The van der Waals surface area contributed by atoms with Gasteiger partial charge in [-0.1, -0.05) is 13.8 Å². The van der Waals surface area contributed by atoms with Crippen molar-refractivity contribution in [3.8, 4) is 5.75 Å². The highest BCUT2D eigenvalue weighted by Crippen LogP contribution is 2.17. The molecule has 0 fully saturated rings. The molecule has 1 amide bonds. The number of hydrogen-bond acceptors (Lipinski definition) is 4. The van der Waals surface area contributed by atoms with Crippen LogP contribution in [-0.2, 0) is 28.4 Å². The van der Waals surface area contributed by atoms with Gasteiger partial charge in [-0.15, -0.1) is 0 Å². The van der Waals surface area contributed by atoms with E-state index in [-0.39, 0.29) is 16.7 Å². The third-order valence-corrected chi connectivity index (χ3v) is 5.98. The van der Waals surface area contributed by atoms with Crippen LogP contribution in [-0.4, -0.2) is 32.0 Å². The molecule has 8 heteroatoms. The van der Waals surface area contributed by atoms with E-state index in [0.717, 1.165) is 11.4 Å². The van der Waals surface area contributed by atoms with Crippen molar-refractivity contribution in [1.29, 1.82) is 0 Å². The molecular formula is C19H27N3O4S. The van der Waals surface area contributed by atoms with E-state index in [9.17, 15) is 13.2 Å². The number of sulfonamides is 1. The Morgan fingerprint density at radius 2 is 1.78 bits per heavy atom. The van der Waals surface area contributed by atoms with E-state index in [1.165, 1.54) is 19.2 Å². The van der Waals surface area contributed by atoms with Crippen LogP contribution in [0.4, 0.5) is 0 Å². The van der Waals surface area contributed by atoms with E-state index in [0.29, 0.717) is 12.3 Å². The molecule has 0 unspecified atom stereocenters. The van der Waals surface area contributed by atoms with Gasteiger partial charge in [-0.05, 0) is 49.2 Å². The van der Waals surface area contributed by atoms with E-state index in [1.54, 1.807) is 26.0 Å². The van der Waals surface area contributed by atoms with Crippen LogP contribution >= 0.6 is 0 Å². The topological polar surface area (TPSA) is 89.4 Å². The third-order valence-electron chi connectivity index (χ3n) is 4.52. The van der Waals surface area contributed by atoms with Crippen LogP contribution in [0.25, 0.3) is 0 Å². The third kappa shape index (κ3) is 5.11. The molecule has 0 spiro atoms. The van der Waals surface area contributed by atoms with Crippen molar-refractivity contribution in [2.24, 2.45) is 13.0 Å². The number of ether oxygens (including phenoxy) is 1. The summed E-state index contributed by atoms with van der Waals surface area (Å²) in [6.07, 6.45) is 0. The molecule has 1 aromatic carbocycles. The lowest BCUT2D eigenvalue weighted by Crippen LogP contribution is -2.49. The highest BCUT2D eigenvalue weighted by Gasteiger charge is 2.28. The maximum absolute atomic E-state index is 12.6. The summed E-state index contributed by atoms with van der Waals surface area (Å²) in [5, 5.41) is 2.82. The first-order chi connectivity index (χ1) is 12.7. The molecule has 2 rings (SSSR count). The average Bonchev–Trinajstić information content (AvgIpc) is 2.96. The van der Waals surface area contributed by atoms with E-state index < -0.39 is 16.1 Å². The lowest BCUT2D eigenvalue weighted by Gasteiger charge is -2.22. The van der Waals surface area contributed by atoms with Gasteiger partial charge in [-0.2, -0.15) is 4.72 Å². The summed E-state index contributed by atoms with van der Waals surface area (Å²) in [6.45, 7) is 5.91. The van der Waals surface area contributed by atoms with Crippen molar-refractivity contribution in [3.63, 3.8) is 0 Å². The normalized spacial score (nSPS) is 12.8. The van der Waals surface area contributed by atoms with Crippen LogP contribution in [0.1, 0.15) is 25.2 Å². The first-order valence-corrected chi connectivity index (χ1v) is 10.2. The van der Waals surface area contributed by atoms with Gasteiger partial charge in [-0.25, -0.2) is 8.42 Å². The molecule has 0 saturated carbocycles. The van der Waals surface area contributed by atoms with Crippen LogP contribution in [0, 0.1) is 12.8 Å². The van der Waals surface area contributed by atoms with Crippen LogP contribution < -0.4 is 14.8 Å². The summed E-state index contributed by atoms with van der Waals surface area (Å²) in [5.41, 5.74) is 2.03. The average molecular weight is 394 g/mol. The monoisotopic (exact) mass is 393 g/mol. The van der Waals surface area contributed by atoms with Crippen LogP contribution in [0.15, 0.2) is 41.3 Å². The number of methoxy groups -OCH3 is 1. The maximum Gasteiger partial charge on any atom is 0.241 e. The fourth-order valence-electron chi connectivity index (χ4n) is 2.61. The highest BCUT2D eigenvalue weighted by molar-refractivity contribution is 7.89. The second-order valence-electron chi connectivity index (χ2n) is 6.76. The van der Waals surface area contributed by atoms with Crippen LogP contribution in [0.3, 0.4) is 0 Å². The molecule has 0 bridgehead atoms. The molecule has 2 N–H and O–H groups in total. The molecular weight excluding hydrogens is 366 g/mol. The first-order valence-electron chi connectivity index (χ1n) is 8.71. The molecule has 0 aliphatic heterocycles. The summed E-state index contributed by atoms with van der Waals surface area (Å²) < 4.78 is 34.8. The van der Waals surface area contributed by atoms with Gasteiger partial charge < -0.3 is 14.6 Å². The summed E-state index contributed by atoms with van der Waals surface area (Å²) in [4.78, 5) is 12.7. The van der Waals surface area contributed by atoms with E-state index in [4.69, 9.17) is 4.74 Å².